The van der Waals surface area contributed by atoms with Gasteiger partial charge >= 0.3 is 0 Å². The predicted octanol–water partition coefficient (Wildman–Crippen LogP) is 1.25. The van der Waals surface area contributed by atoms with E-state index in [0.29, 0.717) is 13.0 Å². The maximum Gasteiger partial charge on any atom is 0.223 e. The Morgan fingerprint density at radius 2 is 2.35 bits per heavy atom. The number of hydrogen-bond donors (Lipinski definition) is 2. The number of rotatable bonds is 8. The Bertz CT molecular complexity index is 338. The number of aromatic nitrogens is 1. The quantitative estimate of drug-likeness (QED) is 0.525. The lowest BCUT2D eigenvalue weighted by molar-refractivity contribution is -0.120. The van der Waals surface area contributed by atoms with Gasteiger partial charge in [-0.2, -0.15) is 0 Å². The van der Waals surface area contributed by atoms with E-state index in [1.165, 1.54) is 5.56 Å². The highest BCUT2D eigenvalue weighted by Crippen LogP contribution is 1.93. The van der Waals surface area contributed by atoms with Crippen LogP contribution in [0.4, 0.5) is 0 Å². The first-order valence-corrected chi connectivity index (χ1v) is 5.80. The van der Waals surface area contributed by atoms with Crippen LogP contribution in [-0.2, 0) is 11.3 Å². The molecule has 0 unspecified atom stereocenters. The summed E-state index contributed by atoms with van der Waals surface area (Å²) in [4.78, 5) is 15.1. The number of pyridine rings is 1. The fraction of sp³-hybridized carbons (Fsp3) is 0.385. The van der Waals surface area contributed by atoms with Gasteiger partial charge in [0.15, 0.2) is 0 Å². The van der Waals surface area contributed by atoms with Crippen LogP contribution in [0.5, 0.6) is 0 Å². The molecule has 4 heteroatoms. The van der Waals surface area contributed by atoms with Gasteiger partial charge in [-0.15, -0.1) is 6.58 Å². The maximum absolute atomic E-state index is 11.1. The molecule has 0 saturated carbocycles. The summed E-state index contributed by atoms with van der Waals surface area (Å²) in [5.41, 5.74) is 1.17. The first kappa shape index (κ1) is 13.4. The molecule has 0 aliphatic carbocycles. The molecular formula is C13H19N3O. The van der Waals surface area contributed by atoms with E-state index in [9.17, 15) is 4.79 Å². The third kappa shape index (κ3) is 6.48. The minimum absolute atomic E-state index is 0.0345. The lowest BCUT2D eigenvalue weighted by atomic mass is 10.3. The van der Waals surface area contributed by atoms with Gasteiger partial charge in [-0.25, -0.2) is 0 Å². The normalized spacial score (nSPS) is 9.88. The van der Waals surface area contributed by atoms with Crippen molar-refractivity contribution in [1.82, 2.24) is 15.6 Å². The van der Waals surface area contributed by atoms with Crippen molar-refractivity contribution in [3.8, 4) is 0 Å². The van der Waals surface area contributed by atoms with E-state index in [0.717, 1.165) is 19.5 Å². The second-order valence-corrected chi connectivity index (χ2v) is 3.73. The fourth-order valence-electron chi connectivity index (χ4n) is 1.38. The molecule has 1 amide bonds. The molecule has 0 bridgehead atoms. The topological polar surface area (TPSA) is 54.0 Å². The molecule has 0 spiro atoms. The Morgan fingerprint density at radius 1 is 1.47 bits per heavy atom. The standard InChI is InChI=1S/C13H19N3O/c1-2-5-13(17)16-9-4-8-15-11-12-6-3-7-14-10-12/h2-3,6-7,10,15H,1,4-5,8-9,11H2,(H,16,17). The van der Waals surface area contributed by atoms with Gasteiger partial charge < -0.3 is 10.6 Å². The summed E-state index contributed by atoms with van der Waals surface area (Å²) in [5, 5.41) is 6.12. The first-order valence-electron chi connectivity index (χ1n) is 5.80. The molecule has 0 saturated heterocycles. The van der Waals surface area contributed by atoms with Crippen LogP contribution in [0.2, 0.25) is 0 Å². The lowest BCUT2D eigenvalue weighted by Gasteiger charge is -2.05. The van der Waals surface area contributed by atoms with Crippen LogP contribution in [0.1, 0.15) is 18.4 Å². The van der Waals surface area contributed by atoms with Gasteiger partial charge in [-0.1, -0.05) is 12.1 Å². The van der Waals surface area contributed by atoms with E-state index < -0.39 is 0 Å². The third-order valence-electron chi connectivity index (χ3n) is 2.23. The van der Waals surface area contributed by atoms with E-state index in [4.69, 9.17) is 0 Å². The average molecular weight is 233 g/mol. The molecule has 17 heavy (non-hydrogen) atoms. The Hall–Kier alpha value is -1.68. The monoisotopic (exact) mass is 233 g/mol. The van der Waals surface area contributed by atoms with Gasteiger partial charge in [-0.05, 0) is 24.6 Å². The number of amides is 1. The molecule has 0 aliphatic heterocycles. The summed E-state index contributed by atoms with van der Waals surface area (Å²) in [6, 6.07) is 3.96. The van der Waals surface area contributed by atoms with Gasteiger partial charge in [0, 0.05) is 31.9 Å². The van der Waals surface area contributed by atoms with Crippen molar-refractivity contribution >= 4 is 5.91 Å². The smallest absolute Gasteiger partial charge is 0.223 e. The van der Waals surface area contributed by atoms with Crippen LogP contribution in [-0.4, -0.2) is 24.0 Å². The van der Waals surface area contributed by atoms with Gasteiger partial charge in [-0.3, -0.25) is 9.78 Å². The summed E-state index contributed by atoms with van der Waals surface area (Å²) >= 11 is 0. The van der Waals surface area contributed by atoms with Crippen LogP contribution >= 0.6 is 0 Å². The largest absolute Gasteiger partial charge is 0.356 e. The molecule has 1 heterocycles. The second-order valence-electron chi connectivity index (χ2n) is 3.73. The van der Waals surface area contributed by atoms with Gasteiger partial charge in [0.25, 0.3) is 0 Å². The number of nitrogens with zero attached hydrogens (tertiary/aromatic N) is 1. The number of carbonyl (C=O) groups excluding carboxylic acids is 1. The predicted molar refractivity (Wildman–Crippen MR) is 68.4 cm³/mol. The molecule has 2 N–H and O–H groups in total. The highest BCUT2D eigenvalue weighted by Gasteiger charge is 1.96. The molecule has 0 aromatic carbocycles. The van der Waals surface area contributed by atoms with Crippen molar-refractivity contribution in [2.75, 3.05) is 13.1 Å². The van der Waals surface area contributed by atoms with Crippen molar-refractivity contribution in [2.24, 2.45) is 0 Å². The average Bonchev–Trinajstić information content (AvgIpc) is 2.35. The summed E-state index contributed by atoms with van der Waals surface area (Å²) in [6.07, 6.45) is 6.53. The molecule has 1 aromatic heterocycles. The zero-order valence-corrected chi connectivity index (χ0v) is 9.98. The Balaban J connectivity index is 1.98. The van der Waals surface area contributed by atoms with Crippen molar-refractivity contribution in [3.05, 3.63) is 42.7 Å². The minimum Gasteiger partial charge on any atom is -0.356 e. The summed E-state index contributed by atoms with van der Waals surface area (Å²) in [6.45, 7) is 5.91. The molecule has 4 nitrogen and oxygen atoms in total. The second kappa shape index (κ2) is 8.47. The van der Waals surface area contributed by atoms with E-state index in [1.807, 2.05) is 18.3 Å². The summed E-state index contributed by atoms with van der Waals surface area (Å²) in [7, 11) is 0. The van der Waals surface area contributed by atoms with Crippen molar-refractivity contribution < 1.29 is 4.79 Å². The molecule has 0 fully saturated rings. The van der Waals surface area contributed by atoms with Crippen LogP contribution in [0.3, 0.4) is 0 Å². The number of nitrogens with one attached hydrogen (secondary N) is 2. The van der Waals surface area contributed by atoms with E-state index in [1.54, 1.807) is 12.3 Å². The Kier molecular flexibility index (Phi) is 6.67. The summed E-state index contributed by atoms with van der Waals surface area (Å²) in [5.74, 6) is 0.0345. The molecule has 0 aliphatic rings. The zero-order chi connectivity index (χ0) is 12.3. The van der Waals surface area contributed by atoms with Crippen molar-refractivity contribution in [3.63, 3.8) is 0 Å². The molecule has 92 valence electrons. The fourth-order valence-corrected chi connectivity index (χ4v) is 1.38. The highest BCUT2D eigenvalue weighted by molar-refractivity contribution is 5.77. The van der Waals surface area contributed by atoms with E-state index >= 15 is 0 Å². The van der Waals surface area contributed by atoms with Crippen LogP contribution < -0.4 is 10.6 Å². The molecule has 0 atom stereocenters. The Morgan fingerprint density at radius 3 is 3.06 bits per heavy atom. The van der Waals surface area contributed by atoms with Crippen LogP contribution in [0.15, 0.2) is 37.2 Å². The first-order chi connectivity index (χ1) is 8.33. The van der Waals surface area contributed by atoms with Gasteiger partial charge in [0.1, 0.15) is 0 Å². The van der Waals surface area contributed by atoms with Crippen LogP contribution in [0, 0.1) is 0 Å². The zero-order valence-electron chi connectivity index (χ0n) is 9.98. The van der Waals surface area contributed by atoms with Crippen molar-refractivity contribution in [1.29, 1.82) is 0 Å². The minimum atomic E-state index is 0.0345. The van der Waals surface area contributed by atoms with E-state index in [2.05, 4.69) is 22.2 Å². The van der Waals surface area contributed by atoms with Crippen LogP contribution in [0.25, 0.3) is 0 Å². The maximum atomic E-state index is 11.1. The van der Waals surface area contributed by atoms with Gasteiger partial charge in [0.05, 0.1) is 0 Å². The number of carbonyl (C=O) groups is 1. The van der Waals surface area contributed by atoms with E-state index in [-0.39, 0.29) is 5.91 Å². The van der Waals surface area contributed by atoms with Crippen molar-refractivity contribution in [2.45, 2.75) is 19.4 Å². The molecule has 0 radical (unpaired) electrons. The molecule has 1 rings (SSSR count). The molecule has 1 aromatic rings. The lowest BCUT2D eigenvalue weighted by Crippen LogP contribution is -2.26. The SMILES string of the molecule is C=CCC(=O)NCCCNCc1cccnc1. The summed E-state index contributed by atoms with van der Waals surface area (Å²) < 4.78 is 0. The molecular weight excluding hydrogens is 214 g/mol. The van der Waals surface area contributed by atoms with Gasteiger partial charge in [0.2, 0.25) is 5.91 Å². The number of hydrogen-bond acceptors (Lipinski definition) is 3. The highest BCUT2D eigenvalue weighted by atomic mass is 16.1. The third-order valence-corrected chi connectivity index (χ3v) is 2.23. The Labute approximate surface area is 102 Å².